The van der Waals surface area contributed by atoms with Crippen LogP contribution in [-0.2, 0) is 12.8 Å². The van der Waals surface area contributed by atoms with Crippen LogP contribution in [0.25, 0.3) is 0 Å². The predicted molar refractivity (Wildman–Crippen MR) is 240 cm³/mol. The molecule has 0 unspecified atom stereocenters. The molecule has 0 spiro atoms. The summed E-state index contributed by atoms with van der Waals surface area (Å²) in [5, 5.41) is 0. The maximum atomic E-state index is 2.27. The Kier molecular flexibility index (Phi) is 177. The molecule has 2 aromatic carbocycles. The molecule has 0 bridgehead atoms. The van der Waals surface area contributed by atoms with Gasteiger partial charge < -0.3 is 0 Å². The molecule has 0 radical (unpaired) electrons. The van der Waals surface area contributed by atoms with Crippen molar-refractivity contribution in [3.8, 4) is 0 Å². The van der Waals surface area contributed by atoms with E-state index in [0.717, 1.165) is 5.92 Å². The standard InChI is InChI=1S/2C9H12.C7H16.C6H14.6C2H6.4CH4/c2*1-2-6-9-7-4-3-5-8-9;1-4-5-6-7(2)3;1-3-5-6-4-2;6*1-2;;;;/h2*3-5,7-8H,2,6H2,1H3;7H,4-6H2,1-3H3;3-6H2,1-2H3;6*1-2H3;4*1H4. The Morgan fingerprint density at radius 3 is 0.745 bits per heavy atom. The Morgan fingerprint density at radius 2 is 0.596 bits per heavy atom. The normalized spacial score (nSPS) is 7.06. The molecule has 2 rings (SSSR count). The second kappa shape index (κ2) is 104. The van der Waals surface area contributed by atoms with Crippen LogP contribution >= 0.6 is 0 Å². The third kappa shape index (κ3) is 106. The van der Waals surface area contributed by atoms with Crippen molar-refractivity contribution in [1.82, 2.24) is 0 Å². The van der Waals surface area contributed by atoms with Gasteiger partial charge in [0.25, 0.3) is 0 Å². The average Bonchev–Trinajstić information content (AvgIpc) is 3.10. The van der Waals surface area contributed by atoms with Gasteiger partial charge in [0.05, 0.1) is 0 Å². The lowest BCUT2D eigenvalue weighted by molar-refractivity contribution is 0.550. The number of aryl methyl sites for hydroxylation is 2. The number of hydrogen-bond acceptors (Lipinski definition) is 0. The quantitative estimate of drug-likeness (QED) is 0.221. The van der Waals surface area contributed by atoms with Gasteiger partial charge in [0.1, 0.15) is 0 Å². The van der Waals surface area contributed by atoms with E-state index in [2.05, 4.69) is 109 Å². The van der Waals surface area contributed by atoms with E-state index in [9.17, 15) is 0 Å². The Bertz CT molecular complexity index is 481. The van der Waals surface area contributed by atoms with E-state index in [1.165, 1.54) is 81.8 Å². The molecular weight excluding hydrogens is 565 g/mol. The van der Waals surface area contributed by atoms with Crippen molar-refractivity contribution in [3.05, 3.63) is 71.8 Å². The van der Waals surface area contributed by atoms with E-state index in [0.29, 0.717) is 0 Å². The molecule has 0 heterocycles. The average molecular weight is 671 g/mol. The maximum absolute atomic E-state index is 2.27. The lowest BCUT2D eigenvalue weighted by atomic mass is 10.1. The minimum Gasteiger partial charge on any atom is -0.0776 e. The van der Waals surface area contributed by atoms with E-state index in [1.807, 2.05) is 83.1 Å². The van der Waals surface area contributed by atoms with Gasteiger partial charge in [-0.25, -0.2) is 0 Å². The zero-order valence-electron chi connectivity index (χ0n) is 34.1. The van der Waals surface area contributed by atoms with E-state index in [1.54, 1.807) is 0 Å². The summed E-state index contributed by atoms with van der Waals surface area (Å²) >= 11 is 0. The van der Waals surface area contributed by atoms with Crippen LogP contribution in [0.4, 0.5) is 0 Å². The molecule has 0 aliphatic rings. The van der Waals surface area contributed by atoms with Crippen molar-refractivity contribution in [3.63, 3.8) is 0 Å². The highest BCUT2D eigenvalue weighted by Gasteiger charge is 1.89. The summed E-state index contributed by atoms with van der Waals surface area (Å²) in [5.74, 6) is 0.903. The highest BCUT2D eigenvalue weighted by Crippen LogP contribution is 2.04. The third-order valence-corrected chi connectivity index (χ3v) is 4.86. The summed E-state index contributed by atoms with van der Waals surface area (Å²) in [6, 6.07) is 21.1. The summed E-state index contributed by atoms with van der Waals surface area (Å²) < 4.78 is 0. The Morgan fingerprint density at radius 1 is 0.362 bits per heavy atom. The molecule has 0 aliphatic heterocycles. The molecule has 0 N–H and O–H groups in total. The van der Waals surface area contributed by atoms with Crippen LogP contribution in [0, 0.1) is 5.92 Å². The fraction of sp³-hybridized carbons (Fsp3) is 0.745. The fourth-order valence-corrected chi connectivity index (χ4v) is 2.98. The Balaban J connectivity index is -0.0000000308. The molecule has 0 saturated heterocycles. The van der Waals surface area contributed by atoms with Gasteiger partial charge in [0.2, 0.25) is 0 Å². The highest BCUT2D eigenvalue weighted by molar-refractivity contribution is 5.15. The van der Waals surface area contributed by atoms with Crippen LogP contribution < -0.4 is 0 Å². The molecule has 47 heavy (non-hydrogen) atoms. The van der Waals surface area contributed by atoms with E-state index >= 15 is 0 Å². The Labute approximate surface area is 308 Å². The molecule has 0 saturated carbocycles. The lowest BCUT2D eigenvalue weighted by Gasteiger charge is -1.98. The van der Waals surface area contributed by atoms with Gasteiger partial charge >= 0.3 is 0 Å². The first kappa shape index (κ1) is 80.3. The van der Waals surface area contributed by atoms with Gasteiger partial charge in [-0.3, -0.25) is 0 Å². The number of unbranched alkanes of at least 4 members (excludes halogenated alkanes) is 4. The van der Waals surface area contributed by atoms with Crippen molar-refractivity contribution in [2.45, 2.75) is 232 Å². The van der Waals surface area contributed by atoms with E-state index < -0.39 is 0 Å². The minimum atomic E-state index is 0. The van der Waals surface area contributed by atoms with Crippen LogP contribution in [0.2, 0.25) is 0 Å². The smallest absolute Gasteiger partial charge is 0.0281 e. The first-order valence-corrected chi connectivity index (χ1v) is 19.1. The van der Waals surface area contributed by atoms with Crippen molar-refractivity contribution in [1.29, 1.82) is 0 Å². The van der Waals surface area contributed by atoms with Crippen molar-refractivity contribution < 1.29 is 0 Å². The van der Waals surface area contributed by atoms with E-state index in [4.69, 9.17) is 0 Å². The van der Waals surface area contributed by atoms with Crippen LogP contribution in [-0.4, -0.2) is 0 Å². The van der Waals surface area contributed by atoms with Gasteiger partial charge in [0.15, 0.2) is 0 Å². The first-order valence-electron chi connectivity index (χ1n) is 19.1. The number of rotatable bonds is 10. The van der Waals surface area contributed by atoms with Gasteiger partial charge in [0, 0.05) is 0 Å². The minimum absolute atomic E-state index is 0. The van der Waals surface area contributed by atoms with Crippen molar-refractivity contribution in [2.24, 2.45) is 5.92 Å². The first-order chi connectivity index (χ1) is 21.0. The topological polar surface area (TPSA) is 0 Å². The summed E-state index contributed by atoms with van der Waals surface area (Å²) in [6.45, 7) is 39.7. The second-order valence-corrected chi connectivity index (χ2v) is 8.71. The van der Waals surface area contributed by atoms with Crippen LogP contribution in [0.1, 0.15) is 230 Å². The molecule has 0 atom stereocenters. The van der Waals surface area contributed by atoms with Crippen LogP contribution in [0.5, 0.6) is 0 Å². The number of benzene rings is 2. The van der Waals surface area contributed by atoms with Gasteiger partial charge in [-0.05, 0) is 29.9 Å². The van der Waals surface area contributed by atoms with Crippen molar-refractivity contribution in [2.75, 3.05) is 0 Å². The SMILES string of the molecule is C.C.C.C.CC.CC.CC.CC.CC.CC.CCCCC(C)C.CCCCCC.CCCc1ccccc1.CCCc1ccccc1. The zero-order valence-corrected chi connectivity index (χ0v) is 34.1. The van der Waals surface area contributed by atoms with Crippen molar-refractivity contribution >= 4 is 0 Å². The van der Waals surface area contributed by atoms with Crippen LogP contribution in [0.3, 0.4) is 0 Å². The van der Waals surface area contributed by atoms with Gasteiger partial charge in [-0.15, -0.1) is 0 Å². The predicted octanol–water partition coefficient (Wildman–Crippen LogP) is 19.4. The molecule has 0 amide bonds. The van der Waals surface area contributed by atoms with E-state index in [-0.39, 0.29) is 29.7 Å². The molecule has 0 fully saturated rings. The summed E-state index contributed by atoms with van der Waals surface area (Å²) in [5.41, 5.74) is 2.89. The molecule has 294 valence electrons. The molecule has 2 aromatic rings. The lowest BCUT2D eigenvalue weighted by Crippen LogP contribution is -1.83. The molecule has 0 aromatic heterocycles. The molecule has 0 heteroatoms. The Hall–Kier alpha value is -1.56. The number of hydrogen-bond donors (Lipinski definition) is 0. The second-order valence-electron chi connectivity index (χ2n) is 8.71. The van der Waals surface area contributed by atoms with Crippen LogP contribution in [0.15, 0.2) is 60.7 Å². The largest absolute Gasteiger partial charge is 0.0776 e. The summed E-state index contributed by atoms with van der Waals surface area (Å²) in [7, 11) is 0. The molecule has 0 aliphatic carbocycles. The zero-order chi connectivity index (χ0) is 35.6. The highest BCUT2D eigenvalue weighted by atomic mass is 13.9. The van der Waals surface area contributed by atoms with Gasteiger partial charge in [-0.1, -0.05) is 280 Å². The molecular formula is C47H106. The summed E-state index contributed by atoms with van der Waals surface area (Å²) in [4.78, 5) is 0. The third-order valence-electron chi connectivity index (χ3n) is 4.86. The van der Waals surface area contributed by atoms with Gasteiger partial charge in [-0.2, -0.15) is 0 Å². The maximum Gasteiger partial charge on any atom is -0.0281 e. The summed E-state index contributed by atoms with van der Waals surface area (Å²) in [6.07, 6.45) is 14.6. The fourth-order valence-electron chi connectivity index (χ4n) is 2.98. The molecule has 0 nitrogen and oxygen atoms in total. The monoisotopic (exact) mass is 671 g/mol.